The van der Waals surface area contributed by atoms with Gasteiger partial charge in [-0.25, -0.2) is 4.98 Å². The van der Waals surface area contributed by atoms with E-state index in [1.54, 1.807) is 18.3 Å². The number of nitrogens with two attached hydrogens (primary N) is 1. The Hall–Kier alpha value is -0.700. The van der Waals surface area contributed by atoms with Crippen molar-refractivity contribution in [1.82, 2.24) is 4.98 Å². The molecule has 0 aliphatic carbocycles. The molecule has 2 nitrogen and oxygen atoms in total. The van der Waals surface area contributed by atoms with E-state index in [1.807, 2.05) is 0 Å². The Bertz CT molecular complexity index is 163. The van der Waals surface area contributed by atoms with E-state index < -0.39 is 0 Å². The molecule has 2 N–H and O–H groups in total. The first-order chi connectivity index (χ1) is 5.20. The lowest BCUT2D eigenvalue weighted by molar-refractivity contribution is 1.09. The van der Waals surface area contributed by atoms with Crippen molar-refractivity contribution >= 4 is 18.4 Å². The average molecular weight is 170 g/mol. The third kappa shape index (κ3) is 5.73. The molecule has 3 heteroatoms. The summed E-state index contributed by atoms with van der Waals surface area (Å²) < 4.78 is 0. The van der Waals surface area contributed by atoms with Gasteiger partial charge in [-0.05, 0) is 12.1 Å². The van der Waals surface area contributed by atoms with Crippen molar-refractivity contribution in [3.05, 3.63) is 18.3 Å². The summed E-state index contributed by atoms with van der Waals surface area (Å²) in [4.78, 5) is 4.61. The highest BCUT2D eigenvalue weighted by molar-refractivity contribution is 7.80. The Labute approximate surface area is 73.2 Å². The third-order valence-electron chi connectivity index (χ3n) is 0.771. The van der Waals surface area contributed by atoms with Crippen LogP contribution in [0.2, 0.25) is 0 Å². The number of rotatable bonds is 0. The Kier molecular flexibility index (Phi) is 5.65. The quantitative estimate of drug-likeness (QED) is 0.587. The molecule has 0 atom stereocenters. The summed E-state index contributed by atoms with van der Waals surface area (Å²) in [6, 6.07) is 3.51. The van der Waals surface area contributed by atoms with Gasteiger partial charge < -0.3 is 5.73 Å². The minimum atomic E-state index is 0.530. The predicted octanol–water partition coefficient (Wildman–Crippen LogP) is 2.37. The number of pyridine rings is 1. The van der Waals surface area contributed by atoms with Gasteiger partial charge in [0.2, 0.25) is 0 Å². The van der Waals surface area contributed by atoms with Crippen molar-refractivity contribution in [2.75, 3.05) is 5.73 Å². The molecule has 1 heterocycles. The van der Waals surface area contributed by atoms with E-state index in [0.717, 1.165) is 4.90 Å². The molecule has 0 fully saturated rings. The molecule has 11 heavy (non-hydrogen) atoms. The number of aromatic nitrogens is 1. The van der Waals surface area contributed by atoms with Gasteiger partial charge in [-0.15, -0.1) is 12.6 Å². The molecule has 1 aromatic rings. The van der Waals surface area contributed by atoms with Gasteiger partial charge in [0.25, 0.3) is 0 Å². The highest BCUT2D eigenvalue weighted by Crippen LogP contribution is 2.03. The van der Waals surface area contributed by atoms with Crippen LogP contribution < -0.4 is 5.73 Å². The largest absolute Gasteiger partial charge is 0.384 e. The number of hydrogen-bond acceptors (Lipinski definition) is 3. The molecule has 0 bridgehead atoms. The summed E-state index contributed by atoms with van der Waals surface area (Å²) in [6.07, 6.45) is 2.86. The predicted molar refractivity (Wildman–Crippen MR) is 51.9 cm³/mol. The minimum absolute atomic E-state index is 0.530. The number of nitrogens with zero attached hydrogens (tertiary/aromatic N) is 1. The first-order valence-corrected chi connectivity index (χ1v) is 4.05. The molecular formula is C8H14N2S. The SMILES string of the molecule is CCC.Nc1ccc(S)cn1. The molecule has 0 saturated heterocycles. The van der Waals surface area contributed by atoms with E-state index in [0.29, 0.717) is 5.82 Å². The summed E-state index contributed by atoms with van der Waals surface area (Å²) >= 11 is 4.01. The van der Waals surface area contributed by atoms with Gasteiger partial charge in [0.15, 0.2) is 0 Å². The molecular weight excluding hydrogens is 156 g/mol. The van der Waals surface area contributed by atoms with Gasteiger partial charge in [0.05, 0.1) is 0 Å². The van der Waals surface area contributed by atoms with Crippen LogP contribution in [0.3, 0.4) is 0 Å². The Morgan fingerprint density at radius 3 is 2.27 bits per heavy atom. The fourth-order valence-electron chi connectivity index (χ4n) is 0.397. The number of hydrogen-bond donors (Lipinski definition) is 2. The van der Waals surface area contributed by atoms with Crippen molar-refractivity contribution in [2.24, 2.45) is 0 Å². The summed E-state index contributed by atoms with van der Waals surface area (Å²) in [5.41, 5.74) is 5.28. The molecule has 0 saturated carbocycles. The first-order valence-electron chi connectivity index (χ1n) is 3.61. The molecule has 1 aromatic heterocycles. The smallest absolute Gasteiger partial charge is 0.123 e. The monoisotopic (exact) mass is 170 g/mol. The Morgan fingerprint density at radius 1 is 1.45 bits per heavy atom. The summed E-state index contributed by atoms with van der Waals surface area (Å²) in [5, 5.41) is 0. The van der Waals surface area contributed by atoms with Crippen LogP contribution in [0.25, 0.3) is 0 Å². The highest BCUT2D eigenvalue weighted by Gasteiger charge is 1.82. The lowest BCUT2D eigenvalue weighted by Crippen LogP contribution is -1.86. The zero-order chi connectivity index (χ0) is 8.69. The van der Waals surface area contributed by atoms with Crippen LogP contribution in [0.4, 0.5) is 5.82 Å². The van der Waals surface area contributed by atoms with E-state index in [9.17, 15) is 0 Å². The maximum Gasteiger partial charge on any atom is 0.123 e. The van der Waals surface area contributed by atoms with Gasteiger partial charge >= 0.3 is 0 Å². The van der Waals surface area contributed by atoms with Crippen LogP contribution in [-0.2, 0) is 0 Å². The van der Waals surface area contributed by atoms with Crippen LogP contribution >= 0.6 is 12.6 Å². The summed E-state index contributed by atoms with van der Waals surface area (Å²) in [5.74, 6) is 0.530. The van der Waals surface area contributed by atoms with Crippen LogP contribution in [0.15, 0.2) is 23.2 Å². The second kappa shape index (κ2) is 6.04. The van der Waals surface area contributed by atoms with Crippen LogP contribution in [0, 0.1) is 0 Å². The fourth-order valence-corrected chi connectivity index (χ4v) is 0.530. The second-order valence-electron chi connectivity index (χ2n) is 2.15. The van der Waals surface area contributed by atoms with Gasteiger partial charge in [-0.1, -0.05) is 20.3 Å². The van der Waals surface area contributed by atoms with Crippen molar-refractivity contribution in [3.8, 4) is 0 Å². The Balaban J connectivity index is 0.000000292. The minimum Gasteiger partial charge on any atom is -0.384 e. The molecule has 0 radical (unpaired) electrons. The van der Waals surface area contributed by atoms with E-state index >= 15 is 0 Å². The molecule has 0 spiro atoms. The molecule has 0 aliphatic rings. The van der Waals surface area contributed by atoms with Crippen molar-refractivity contribution in [3.63, 3.8) is 0 Å². The normalized spacial score (nSPS) is 8.27. The molecule has 62 valence electrons. The van der Waals surface area contributed by atoms with Crippen LogP contribution in [0.5, 0.6) is 0 Å². The zero-order valence-electron chi connectivity index (χ0n) is 6.91. The van der Waals surface area contributed by atoms with Crippen molar-refractivity contribution < 1.29 is 0 Å². The topological polar surface area (TPSA) is 38.9 Å². The molecule has 1 rings (SSSR count). The number of thiol groups is 1. The van der Waals surface area contributed by atoms with E-state index in [1.165, 1.54) is 6.42 Å². The van der Waals surface area contributed by atoms with E-state index in [4.69, 9.17) is 5.73 Å². The Morgan fingerprint density at radius 2 is 2.00 bits per heavy atom. The van der Waals surface area contributed by atoms with Gasteiger partial charge in [0.1, 0.15) is 5.82 Å². The maximum atomic E-state index is 5.28. The molecule has 0 unspecified atom stereocenters. The van der Waals surface area contributed by atoms with Gasteiger partial charge in [0, 0.05) is 11.1 Å². The summed E-state index contributed by atoms with van der Waals surface area (Å²) in [6.45, 7) is 4.25. The lowest BCUT2D eigenvalue weighted by atomic mass is 10.5. The second-order valence-corrected chi connectivity index (χ2v) is 2.66. The van der Waals surface area contributed by atoms with E-state index in [2.05, 4.69) is 31.5 Å². The number of anilines is 1. The summed E-state index contributed by atoms with van der Waals surface area (Å²) in [7, 11) is 0. The zero-order valence-corrected chi connectivity index (χ0v) is 7.81. The third-order valence-corrected chi connectivity index (χ3v) is 1.04. The van der Waals surface area contributed by atoms with Crippen molar-refractivity contribution in [1.29, 1.82) is 0 Å². The average Bonchev–Trinajstić information content (AvgIpc) is 1.97. The standard InChI is InChI=1S/C5H6N2S.C3H8/c6-5-2-1-4(8)3-7-5;1-3-2/h1-3,8H,(H2,6,7);3H2,1-2H3. The lowest BCUT2D eigenvalue weighted by Gasteiger charge is -1.88. The maximum absolute atomic E-state index is 5.28. The highest BCUT2D eigenvalue weighted by atomic mass is 32.1. The van der Waals surface area contributed by atoms with Crippen LogP contribution in [-0.4, -0.2) is 4.98 Å². The van der Waals surface area contributed by atoms with Gasteiger partial charge in [-0.3, -0.25) is 0 Å². The van der Waals surface area contributed by atoms with Crippen molar-refractivity contribution in [2.45, 2.75) is 25.2 Å². The van der Waals surface area contributed by atoms with Crippen LogP contribution in [0.1, 0.15) is 20.3 Å². The molecule has 0 amide bonds. The van der Waals surface area contributed by atoms with E-state index in [-0.39, 0.29) is 0 Å². The first kappa shape index (κ1) is 10.3. The van der Waals surface area contributed by atoms with Gasteiger partial charge in [-0.2, -0.15) is 0 Å². The number of nitrogen functional groups attached to an aromatic ring is 1. The fraction of sp³-hybridized carbons (Fsp3) is 0.375. The molecule has 0 aromatic carbocycles. The molecule has 0 aliphatic heterocycles.